The number of unbranched alkanes of at least 4 members (excludes halogenated alkanes) is 3. The van der Waals surface area contributed by atoms with Crippen LogP contribution in [0.15, 0.2) is 0 Å². The summed E-state index contributed by atoms with van der Waals surface area (Å²) in [5, 5.41) is 11.0. The fourth-order valence-electron chi connectivity index (χ4n) is 2.43. The van der Waals surface area contributed by atoms with Crippen molar-refractivity contribution in [3.8, 4) is 0 Å². The number of ketones is 1. The highest BCUT2D eigenvalue weighted by molar-refractivity contribution is 6.05. The highest BCUT2D eigenvalue weighted by Gasteiger charge is 2.54. The van der Waals surface area contributed by atoms with Crippen molar-refractivity contribution < 1.29 is 38.5 Å². The number of rotatable bonds is 15. The first-order valence-corrected chi connectivity index (χ1v) is 9.96. The SMILES string of the molecule is CCCCOC(=O)C[C@@](O)(C(=O)OCCCC)[C@H](C(C)=O)C(=O)OCCCC. The third-order valence-electron chi connectivity index (χ3n) is 4.12. The van der Waals surface area contributed by atoms with E-state index in [1.54, 1.807) is 0 Å². The summed E-state index contributed by atoms with van der Waals surface area (Å²) in [5.41, 5.74) is -2.67. The third-order valence-corrected chi connectivity index (χ3v) is 4.12. The number of esters is 3. The van der Waals surface area contributed by atoms with Crippen molar-refractivity contribution in [2.75, 3.05) is 19.8 Å². The molecule has 1 N–H and O–H groups in total. The average Bonchev–Trinajstić information content (AvgIpc) is 2.61. The van der Waals surface area contributed by atoms with Crippen LogP contribution in [0.25, 0.3) is 0 Å². The maximum atomic E-state index is 12.5. The number of hydrogen-bond donors (Lipinski definition) is 1. The Kier molecular flexibility index (Phi) is 13.1. The Hall–Kier alpha value is -1.96. The van der Waals surface area contributed by atoms with Crippen molar-refractivity contribution in [3.05, 3.63) is 0 Å². The molecule has 0 aliphatic carbocycles. The predicted octanol–water partition coefficient (Wildman–Crippen LogP) is 2.34. The molecule has 0 amide bonds. The van der Waals surface area contributed by atoms with Crippen molar-refractivity contribution in [1.29, 1.82) is 0 Å². The molecule has 28 heavy (non-hydrogen) atoms. The van der Waals surface area contributed by atoms with E-state index < -0.39 is 41.6 Å². The Morgan fingerprint density at radius 3 is 1.75 bits per heavy atom. The van der Waals surface area contributed by atoms with Crippen LogP contribution in [0.4, 0.5) is 0 Å². The Morgan fingerprint density at radius 2 is 1.29 bits per heavy atom. The molecule has 0 saturated heterocycles. The second kappa shape index (κ2) is 14.1. The maximum Gasteiger partial charge on any atom is 0.340 e. The Bertz CT molecular complexity index is 516. The number of ether oxygens (including phenoxy) is 3. The van der Waals surface area contributed by atoms with Crippen LogP contribution in [0, 0.1) is 5.92 Å². The van der Waals surface area contributed by atoms with E-state index in [1.165, 1.54) is 0 Å². The van der Waals surface area contributed by atoms with Gasteiger partial charge in [-0.05, 0) is 26.2 Å². The van der Waals surface area contributed by atoms with Crippen molar-refractivity contribution in [1.82, 2.24) is 0 Å². The summed E-state index contributed by atoms with van der Waals surface area (Å²) in [7, 11) is 0. The summed E-state index contributed by atoms with van der Waals surface area (Å²) < 4.78 is 15.0. The molecule has 0 heterocycles. The summed E-state index contributed by atoms with van der Waals surface area (Å²) in [5.74, 6) is -5.82. The van der Waals surface area contributed by atoms with Gasteiger partial charge >= 0.3 is 17.9 Å². The number of Topliss-reactive ketones (excluding diaryl/α,β-unsaturated/α-hetero) is 1. The molecule has 0 radical (unpaired) electrons. The lowest BCUT2D eigenvalue weighted by molar-refractivity contribution is -0.187. The highest BCUT2D eigenvalue weighted by atomic mass is 16.6. The Labute approximate surface area is 166 Å². The van der Waals surface area contributed by atoms with Gasteiger partial charge < -0.3 is 19.3 Å². The standard InChI is InChI=1S/C20H34O8/c1-5-8-11-26-16(22)14-20(25,19(24)28-13-10-7-3)17(15(4)21)18(23)27-12-9-6-2/h17,25H,5-14H2,1-4H3/t17-,20+/m1/s1. The first kappa shape index (κ1) is 26.0. The smallest absolute Gasteiger partial charge is 0.340 e. The van der Waals surface area contributed by atoms with Crippen molar-refractivity contribution >= 4 is 23.7 Å². The molecular weight excluding hydrogens is 368 g/mol. The van der Waals surface area contributed by atoms with Crippen molar-refractivity contribution in [2.24, 2.45) is 5.92 Å². The van der Waals surface area contributed by atoms with Crippen molar-refractivity contribution in [2.45, 2.75) is 78.2 Å². The molecule has 162 valence electrons. The van der Waals surface area contributed by atoms with Crippen LogP contribution in [0.3, 0.4) is 0 Å². The Balaban J connectivity index is 5.53. The molecule has 8 heteroatoms. The predicted molar refractivity (Wildman–Crippen MR) is 101 cm³/mol. The van der Waals surface area contributed by atoms with Gasteiger partial charge in [0.2, 0.25) is 0 Å². The number of aliphatic hydroxyl groups is 1. The third kappa shape index (κ3) is 8.82. The van der Waals surface area contributed by atoms with Crippen LogP contribution in [0.1, 0.15) is 72.6 Å². The molecule has 0 rings (SSSR count). The zero-order valence-electron chi connectivity index (χ0n) is 17.5. The van der Waals surface area contributed by atoms with Gasteiger partial charge in [0, 0.05) is 0 Å². The lowest BCUT2D eigenvalue weighted by atomic mass is 9.81. The molecule has 0 bridgehead atoms. The highest BCUT2D eigenvalue weighted by Crippen LogP contribution is 2.27. The average molecular weight is 402 g/mol. The van der Waals surface area contributed by atoms with Crippen LogP contribution in [-0.4, -0.2) is 54.2 Å². The largest absolute Gasteiger partial charge is 0.466 e. The Morgan fingerprint density at radius 1 is 0.821 bits per heavy atom. The van der Waals surface area contributed by atoms with Gasteiger partial charge in [0.1, 0.15) is 5.78 Å². The normalized spacial score (nSPS) is 13.9. The first-order chi connectivity index (χ1) is 13.2. The summed E-state index contributed by atoms with van der Waals surface area (Å²) in [6.07, 6.45) is 3.12. The van der Waals surface area contributed by atoms with Gasteiger partial charge in [0.15, 0.2) is 11.5 Å². The summed E-state index contributed by atoms with van der Waals surface area (Å²) in [6, 6.07) is 0. The van der Waals surface area contributed by atoms with Gasteiger partial charge in [-0.3, -0.25) is 14.4 Å². The molecule has 0 unspecified atom stereocenters. The van der Waals surface area contributed by atoms with E-state index >= 15 is 0 Å². The molecule has 0 fully saturated rings. The molecule has 0 aromatic heterocycles. The molecule has 0 aromatic rings. The van der Waals surface area contributed by atoms with E-state index in [4.69, 9.17) is 14.2 Å². The minimum absolute atomic E-state index is 0.00195. The van der Waals surface area contributed by atoms with Gasteiger partial charge in [0.25, 0.3) is 0 Å². The second-order valence-electron chi connectivity index (χ2n) is 6.73. The molecule has 0 aliphatic heterocycles. The summed E-state index contributed by atoms with van der Waals surface area (Å²) in [4.78, 5) is 49.2. The van der Waals surface area contributed by atoms with Gasteiger partial charge in [-0.15, -0.1) is 0 Å². The monoisotopic (exact) mass is 402 g/mol. The van der Waals surface area contributed by atoms with Crippen LogP contribution >= 0.6 is 0 Å². The summed E-state index contributed by atoms with van der Waals surface area (Å²) in [6.45, 7) is 6.89. The zero-order chi connectivity index (χ0) is 21.6. The zero-order valence-corrected chi connectivity index (χ0v) is 17.5. The second-order valence-corrected chi connectivity index (χ2v) is 6.73. The minimum Gasteiger partial charge on any atom is -0.466 e. The molecule has 0 aliphatic rings. The minimum atomic E-state index is -2.67. The fraction of sp³-hybridized carbons (Fsp3) is 0.800. The van der Waals surface area contributed by atoms with E-state index in [2.05, 4.69) is 0 Å². The molecule has 8 nitrogen and oxygen atoms in total. The molecule has 0 aromatic carbocycles. The lowest BCUT2D eigenvalue weighted by Gasteiger charge is -2.30. The van der Waals surface area contributed by atoms with Crippen LogP contribution in [0.5, 0.6) is 0 Å². The van der Waals surface area contributed by atoms with Gasteiger partial charge in [-0.1, -0.05) is 40.0 Å². The summed E-state index contributed by atoms with van der Waals surface area (Å²) >= 11 is 0. The number of carbonyl (C=O) groups is 4. The van der Waals surface area contributed by atoms with E-state index in [9.17, 15) is 24.3 Å². The topological polar surface area (TPSA) is 116 Å². The van der Waals surface area contributed by atoms with Gasteiger partial charge in [-0.2, -0.15) is 0 Å². The fourth-order valence-corrected chi connectivity index (χ4v) is 2.43. The molecule has 0 spiro atoms. The van der Waals surface area contributed by atoms with Crippen molar-refractivity contribution in [3.63, 3.8) is 0 Å². The van der Waals surface area contributed by atoms with E-state index in [1.807, 2.05) is 20.8 Å². The number of hydrogen-bond acceptors (Lipinski definition) is 8. The van der Waals surface area contributed by atoms with Gasteiger partial charge in [-0.25, -0.2) is 4.79 Å². The van der Waals surface area contributed by atoms with Crippen LogP contribution in [0.2, 0.25) is 0 Å². The first-order valence-electron chi connectivity index (χ1n) is 9.96. The molecular formula is C20H34O8. The lowest BCUT2D eigenvalue weighted by Crippen LogP contribution is -2.55. The van der Waals surface area contributed by atoms with E-state index in [-0.39, 0.29) is 19.8 Å². The molecule has 2 atom stereocenters. The van der Waals surface area contributed by atoms with E-state index in [0.29, 0.717) is 19.3 Å². The number of carbonyl (C=O) groups excluding carboxylic acids is 4. The van der Waals surface area contributed by atoms with Gasteiger partial charge in [0.05, 0.1) is 26.2 Å². The van der Waals surface area contributed by atoms with Crippen LogP contribution < -0.4 is 0 Å². The van der Waals surface area contributed by atoms with Crippen LogP contribution in [-0.2, 0) is 33.4 Å². The van der Waals surface area contributed by atoms with E-state index in [0.717, 1.165) is 26.2 Å². The quantitative estimate of drug-likeness (QED) is 0.192. The maximum absolute atomic E-state index is 12.5. The molecule has 0 saturated carbocycles.